The van der Waals surface area contributed by atoms with Crippen LogP contribution in [0.2, 0.25) is 0 Å². The van der Waals surface area contributed by atoms with Crippen molar-refractivity contribution in [1.82, 2.24) is 9.97 Å². The normalized spacial score (nSPS) is 10.8. The summed E-state index contributed by atoms with van der Waals surface area (Å²) in [4.78, 5) is 19.0. The van der Waals surface area contributed by atoms with E-state index in [4.69, 9.17) is 0 Å². The summed E-state index contributed by atoms with van der Waals surface area (Å²) in [5.41, 5.74) is 4.57. The molecule has 0 aliphatic heterocycles. The maximum absolute atomic E-state index is 10.8. The Hall–Kier alpha value is -3.81. The number of hydrazone groups is 1. The van der Waals surface area contributed by atoms with Crippen molar-refractivity contribution in [3.05, 3.63) is 76.0 Å². The highest BCUT2D eigenvalue weighted by molar-refractivity contribution is 5.81. The van der Waals surface area contributed by atoms with Gasteiger partial charge in [0.25, 0.3) is 5.69 Å². The van der Waals surface area contributed by atoms with E-state index in [1.54, 1.807) is 49.4 Å². The van der Waals surface area contributed by atoms with E-state index in [-0.39, 0.29) is 11.4 Å². The average Bonchev–Trinajstić information content (AvgIpc) is 2.62. The Balaban J connectivity index is 1.81. The maximum atomic E-state index is 10.8. The number of aromatic nitrogens is 2. The molecule has 2 N–H and O–H groups in total. The van der Waals surface area contributed by atoms with Crippen molar-refractivity contribution < 1.29 is 10.0 Å². The number of non-ortho nitro benzene ring substituents is 1. The van der Waals surface area contributed by atoms with Crippen LogP contribution < -0.4 is 5.43 Å². The average molecular weight is 349 g/mol. The van der Waals surface area contributed by atoms with E-state index in [2.05, 4.69) is 20.5 Å². The summed E-state index contributed by atoms with van der Waals surface area (Å²) in [6.45, 7) is 1.81. The highest BCUT2D eigenvalue weighted by Crippen LogP contribution is 2.26. The smallest absolute Gasteiger partial charge is 0.270 e. The van der Waals surface area contributed by atoms with Crippen LogP contribution in [0.4, 0.5) is 11.5 Å². The number of hydrogen-bond acceptors (Lipinski definition) is 7. The second kappa shape index (κ2) is 7.39. The van der Waals surface area contributed by atoms with Crippen LogP contribution in [0.1, 0.15) is 11.3 Å². The topological polar surface area (TPSA) is 114 Å². The molecule has 1 heterocycles. The van der Waals surface area contributed by atoms with Crippen LogP contribution in [-0.4, -0.2) is 26.2 Å². The fraction of sp³-hybridized carbons (Fsp3) is 0.0556. The number of aryl methyl sites for hydroxylation is 1. The molecule has 130 valence electrons. The van der Waals surface area contributed by atoms with Gasteiger partial charge in [-0.1, -0.05) is 24.3 Å². The van der Waals surface area contributed by atoms with Crippen molar-refractivity contribution in [3.63, 3.8) is 0 Å². The molecule has 3 rings (SSSR count). The molecule has 0 bridgehead atoms. The van der Waals surface area contributed by atoms with Gasteiger partial charge in [-0.2, -0.15) is 5.10 Å². The van der Waals surface area contributed by atoms with Crippen molar-refractivity contribution in [3.8, 4) is 17.1 Å². The molecule has 0 fully saturated rings. The minimum absolute atomic E-state index is 0.00586. The van der Waals surface area contributed by atoms with Gasteiger partial charge in [0.1, 0.15) is 5.75 Å². The van der Waals surface area contributed by atoms with Crippen LogP contribution in [-0.2, 0) is 0 Å². The fourth-order valence-corrected chi connectivity index (χ4v) is 2.30. The van der Waals surface area contributed by atoms with Crippen LogP contribution >= 0.6 is 0 Å². The maximum Gasteiger partial charge on any atom is 0.270 e. The zero-order valence-corrected chi connectivity index (χ0v) is 13.8. The number of para-hydroxylation sites is 1. The van der Waals surface area contributed by atoms with Gasteiger partial charge >= 0.3 is 0 Å². The van der Waals surface area contributed by atoms with Crippen molar-refractivity contribution in [1.29, 1.82) is 0 Å². The summed E-state index contributed by atoms with van der Waals surface area (Å²) < 4.78 is 0. The van der Waals surface area contributed by atoms with E-state index in [1.165, 1.54) is 18.3 Å². The van der Waals surface area contributed by atoms with Gasteiger partial charge in [0, 0.05) is 29.5 Å². The van der Waals surface area contributed by atoms with Gasteiger partial charge in [-0.15, -0.1) is 0 Å². The number of nitro benzene ring substituents is 1. The van der Waals surface area contributed by atoms with Gasteiger partial charge in [-0.25, -0.2) is 9.97 Å². The number of phenolic OH excluding ortho intramolecular Hbond substituents is 1. The minimum Gasteiger partial charge on any atom is -0.507 e. The van der Waals surface area contributed by atoms with Crippen LogP contribution in [0.5, 0.6) is 5.75 Å². The molecule has 0 spiro atoms. The SMILES string of the molecule is Cc1cc(N/N=C/c2cccc([N+](=O)[O-])c2)nc(-c2ccccc2O)n1. The third-order valence-corrected chi connectivity index (χ3v) is 3.47. The van der Waals surface area contributed by atoms with Crippen LogP contribution in [0, 0.1) is 17.0 Å². The molecule has 0 saturated carbocycles. The highest BCUT2D eigenvalue weighted by atomic mass is 16.6. The Bertz CT molecular complexity index is 988. The third kappa shape index (κ3) is 3.99. The second-order valence-corrected chi connectivity index (χ2v) is 5.46. The number of hydrogen-bond donors (Lipinski definition) is 2. The fourth-order valence-electron chi connectivity index (χ4n) is 2.30. The number of phenols is 1. The third-order valence-electron chi connectivity index (χ3n) is 3.47. The molecule has 8 heteroatoms. The molecular weight excluding hydrogens is 334 g/mol. The lowest BCUT2D eigenvalue weighted by Gasteiger charge is -2.07. The van der Waals surface area contributed by atoms with E-state index >= 15 is 0 Å². The predicted molar refractivity (Wildman–Crippen MR) is 98.2 cm³/mol. The number of nitrogens with one attached hydrogen (secondary N) is 1. The quantitative estimate of drug-likeness (QED) is 0.414. The second-order valence-electron chi connectivity index (χ2n) is 5.46. The summed E-state index contributed by atoms with van der Waals surface area (Å²) >= 11 is 0. The zero-order valence-electron chi connectivity index (χ0n) is 13.8. The van der Waals surface area contributed by atoms with Crippen molar-refractivity contribution in [2.24, 2.45) is 5.10 Å². The van der Waals surface area contributed by atoms with Gasteiger partial charge in [0.05, 0.1) is 16.7 Å². The number of rotatable bonds is 5. The highest BCUT2D eigenvalue weighted by Gasteiger charge is 2.09. The molecule has 0 amide bonds. The van der Waals surface area contributed by atoms with Gasteiger partial charge in [0.15, 0.2) is 11.6 Å². The molecule has 0 aliphatic rings. The van der Waals surface area contributed by atoms with E-state index in [0.29, 0.717) is 28.5 Å². The molecule has 0 saturated heterocycles. The Morgan fingerprint density at radius 3 is 2.73 bits per heavy atom. The molecule has 0 atom stereocenters. The van der Waals surface area contributed by atoms with E-state index in [9.17, 15) is 15.2 Å². The predicted octanol–water partition coefficient (Wildman–Crippen LogP) is 3.51. The lowest BCUT2D eigenvalue weighted by atomic mass is 10.2. The first-order chi connectivity index (χ1) is 12.5. The first-order valence-corrected chi connectivity index (χ1v) is 7.70. The van der Waals surface area contributed by atoms with E-state index in [0.717, 1.165) is 0 Å². The van der Waals surface area contributed by atoms with Gasteiger partial charge in [-0.05, 0) is 19.1 Å². The molecule has 0 aliphatic carbocycles. The Labute approximate surface area is 149 Å². The van der Waals surface area contributed by atoms with Gasteiger partial charge in [-0.3, -0.25) is 15.5 Å². The molecule has 1 aromatic heterocycles. The van der Waals surface area contributed by atoms with Gasteiger partial charge in [0.2, 0.25) is 0 Å². The standard InChI is InChI=1S/C18H15N5O3/c1-12-9-17(21-18(20-12)15-7-2-3-8-16(15)24)22-19-11-13-5-4-6-14(10-13)23(25)26/h2-11,24H,1H3,(H,20,21,22)/b19-11+. The van der Waals surface area contributed by atoms with Crippen LogP contribution in [0.3, 0.4) is 0 Å². The molecule has 26 heavy (non-hydrogen) atoms. The number of benzene rings is 2. The van der Waals surface area contributed by atoms with Gasteiger partial charge < -0.3 is 5.11 Å². The summed E-state index contributed by atoms with van der Waals surface area (Å²) in [6.07, 6.45) is 1.46. The zero-order chi connectivity index (χ0) is 18.5. The lowest BCUT2D eigenvalue weighted by molar-refractivity contribution is -0.384. The molecule has 0 radical (unpaired) electrons. The van der Waals surface area contributed by atoms with Crippen LogP contribution in [0.25, 0.3) is 11.4 Å². The Morgan fingerprint density at radius 2 is 1.96 bits per heavy atom. The van der Waals surface area contributed by atoms with Crippen LogP contribution in [0.15, 0.2) is 59.7 Å². The summed E-state index contributed by atoms with van der Waals surface area (Å²) in [5, 5.41) is 24.8. The first-order valence-electron chi connectivity index (χ1n) is 7.70. The molecule has 8 nitrogen and oxygen atoms in total. The van der Waals surface area contributed by atoms with E-state index < -0.39 is 4.92 Å². The largest absolute Gasteiger partial charge is 0.507 e. The van der Waals surface area contributed by atoms with Crippen molar-refractivity contribution in [2.45, 2.75) is 6.92 Å². The first kappa shape index (κ1) is 17.0. The number of nitro groups is 1. The Kier molecular flexibility index (Phi) is 4.84. The lowest BCUT2D eigenvalue weighted by Crippen LogP contribution is -1.99. The summed E-state index contributed by atoms with van der Waals surface area (Å²) in [6, 6.07) is 14.6. The molecule has 3 aromatic rings. The summed E-state index contributed by atoms with van der Waals surface area (Å²) in [7, 11) is 0. The Morgan fingerprint density at radius 1 is 1.15 bits per heavy atom. The van der Waals surface area contributed by atoms with Crippen molar-refractivity contribution in [2.75, 3.05) is 5.43 Å². The molecular formula is C18H15N5O3. The molecule has 2 aromatic carbocycles. The monoisotopic (exact) mass is 349 g/mol. The number of nitrogens with zero attached hydrogens (tertiary/aromatic N) is 4. The molecule has 0 unspecified atom stereocenters. The van der Waals surface area contributed by atoms with Crippen molar-refractivity contribution >= 4 is 17.7 Å². The summed E-state index contributed by atoms with van der Waals surface area (Å²) in [5.74, 6) is 0.901. The minimum atomic E-state index is -0.461. The number of aromatic hydroxyl groups is 1. The number of anilines is 1. The van der Waals surface area contributed by atoms with E-state index in [1.807, 2.05) is 0 Å².